The Morgan fingerprint density at radius 1 is 1.19 bits per heavy atom. The molecular weight excluding hydrogens is 449 g/mol. The summed E-state index contributed by atoms with van der Waals surface area (Å²) in [5.41, 5.74) is 2.90. The molecule has 3 aromatic rings. The number of hydrogen-bond acceptors (Lipinski definition) is 4. The maximum Gasteiger partial charge on any atom is 0.268 e. The highest BCUT2D eigenvalue weighted by Gasteiger charge is 2.15. The lowest BCUT2D eigenvalue weighted by Crippen LogP contribution is -2.13. The van der Waals surface area contributed by atoms with Gasteiger partial charge in [0.2, 0.25) is 0 Å². The van der Waals surface area contributed by atoms with E-state index < -0.39 is 5.91 Å². The second-order valence-electron chi connectivity index (χ2n) is 8.04. The van der Waals surface area contributed by atoms with Crippen LogP contribution in [0.15, 0.2) is 54.2 Å². The van der Waals surface area contributed by atoms with E-state index >= 15 is 0 Å². The van der Waals surface area contributed by atoms with Gasteiger partial charge in [-0.2, -0.15) is 5.26 Å². The zero-order valence-corrected chi connectivity index (χ0v) is 19.7. The van der Waals surface area contributed by atoms with Crippen molar-refractivity contribution >= 4 is 51.7 Å². The van der Waals surface area contributed by atoms with Crippen molar-refractivity contribution in [3.63, 3.8) is 0 Å². The van der Waals surface area contributed by atoms with Crippen molar-refractivity contribution in [2.24, 2.45) is 0 Å². The van der Waals surface area contributed by atoms with Gasteiger partial charge in [0.15, 0.2) is 5.13 Å². The number of nitrogens with zero attached hydrogens (tertiary/aromatic N) is 2. The van der Waals surface area contributed by atoms with E-state index in [0.29, 0.717) is 21.6 Å². The van der Waals surface area contributed by atoms with Gasteiger partial charge in [-0.25, -0.2) is 4.98 Å². The van der Waals surface area contributed by atoms with E-state index in [2.05, 4.69) is 31.1 Å². The Bertz CT molecular complexity index is 1170. The first-order valence-corrected chi connectivity index (χ1v) is 11.2. The van der Waals surface area contributed by atoms with Crippen LogP contribution in [0.2, 0.25) is 10.0 Å². The predicted octanol–water partition coefficient (Wildman–Crippen LogP) is 6.88. The number of halogens is 2. The first-order chi connectivity index (χ1) is 14.7. The fourth-order valence-electron chi connectivity index (χ4n) is 2.87. The Labute approximate surface area is 196 Å². The molecule has 3 rings (SSSR count). The van der Waals surface area contributed by atoms with Gasteiger partial charge < -0.3 is 0 Å². The summed E-state index contributed by atoms with van der Waals surface area (Å²) in [5, 5.41) is 13.8. The minimum absolute atomic E-state index is 0.0122. The number of hydrogen-bond donors (Lipinski definition) is 1. The number of aromatic nitrogens is 1. The van der Waals surface area contributed by atoms with Crippen LogP contribution in [0.1, 0.15) is 42.3 Å². The van der Waals surface area contributed by atoms with Crippen molar-refractivity contribution in [3.8, 4) is 6.07 Å². The molecule has 0 radical (unpaired) electrons. The van der Waals surface area contributed by atoms with Crippen molar-refractivity contribution in [1.82, 2.24) is 4.98 Å². The van der Waals surface area contributed by atoms with Crippen molar-refractivity contribution in [1.29, 1.82) is 5.26 Å². The SMILES string of the molecule is CC(C)(C)c1ccc(/C=C(\C#N)C(=O)Nc2ncc(Cc3cc(Cl)ccc3Cl)s2)cc1. The van der Waals surface area contributed by atoms with Crippen LogP contribution in [0.25, 0.3) is 6.08 Å². The molecule has 0 aliphatic rings. The van der Waals surface area contributed by atoms with Crippen LogP contribution in [0, 0.1) is 11.3 Å². The molecule has 0 bridgehead atoms. The third-order valence-corrected chi connectivity index (χ3v) is 6.12. The van der Waals surface area contributed by atoms with Crippen LogP contribution in [0.3, 0.4) is 0 Å². The highest BCUT2D eigenvalue weighted by Crippen LogP contribution is 2.27. The highest BCUT2D eigenvalue weighted by atomic mass is 35.5. The van der Waals surface area contributed by atoms with Gasteiger partial charge in [0.25, 0.3) is 5.91 Å². The average molecular weight is 470 g/mol. The molecule has 31 heavy (non-hydrogen) atoms. The van der Waals surface area contributed by atoms with Gasteiger partial charge in [-0.15, -0.1) is 11.3 Å². The first-order valence-electron chi connectivity index (χ1n) is 9.58. The second-order valence-corrected chi connectivity index (χ2v) is 10.00. The van der Waals surface area contributed by atoms with Crippen molar-refractivity contribution in [3.05, 3.63) is 85.8 Å². The number of nitrogens with one attached hydrogen (secondary N) is 1. The summed E-state index contributed by atoms with van der Waals surface area (Å²) in [6, 6.07) is 15.1. The fourth-order valence-corrected chi connectivity index (χ4v) is 4.08. The Hall–Kier alpha value is -2.65. The lowest BCUT2D eigenvalue weighted by Gasteiger charge is -2.18. The van der Waals surface area contributed by atoms with Gasteiger partial charge in [0, 0.05) is 27.5 Å². The summed E-state index contributed by atoms with van der Waals surface area (Å²) in [6.45, 7) is 6.40. The quantitative estimate of drug-likeness (QED) is 0.326. The van der Waals surface area contributed by atoms with Crippen LogP contribution < -0.4 is 5.32 Å². The molecule has 0 saturated heterocycles. The van der Waals surface area contributed by atoms with Gasteiger partial charge in [0.1, 0.15) is 11.6 Å². The van der Waals surface area contributed by atoms with Gasteiger partial charge in [-0.1, -0.05) is 68.2 Å². The monoisotopic (exact) mass is 469 g/mol. The molecule has 0 atom stereocenters. The van der Waals surface area contributed by atoms with Crippen LogP contribution in [0.4, 0.5) is 5.13 Å². The largest absolute Gasteiger partial charge is 0.297 e. The summed E-state index contributed by atoms with van der Waals surface area (Å²) < 4.78 is 0. The Balaban J connectivity index is 1.71. The van der Waals surface area contributed by atoms with E-state index in [-0.39, 0.29) is 11.0 Å². The number of amides is 1. The minimum Gasteiger partial charge on any atom is -0.297 e. The Morgan fingerprint density at radius 3 is 2.55 bits per heavy atom. The summed E-state index contributed by atoms with van der Waals surface area (Å²) in [5.74, 6) is -0.496. The molecule has 0 saturated carbocycles. The van der Waals surface area contributed by atoms with E-state index in [9.17, 15) is 10.1 Å². The summed E-state index contributed by atoms with van der Waals surface area (Å²) in [4.78, 5) is 17.7. The second kappa shape index (κ2) is 9.65. The van der Waals surface area contributed by atoms with Crippen molar-refractivity contribution < 1.29 is 4.79 Å². The lowest BCUT2D eigenvalue weighted by molar-refractivity contribution is -0.112. The molecule has 0 aliphatic heterocycles. The third-order valence-electron chi connectivity index (χ3n) is 4.60. The first kappa shape index (κ1) is 23.0. The predicted molar refractivity (Wildman–Crippen MR) is 129 cm³/mol. The maximum absolute atomic E-state index is 12.6. The van der Waals surface area contributed by atoms with Crippen molar-refractivity contribution in [2.45, 2.75) is 32.6 Å². The van der Waals surface area contributed by atoms with Crippen LogP contribution >= 0.6 is 34.5 Å². The topological polar surface area (TPSA) is 65.8 Å². The molecule has 2 aromatic carbocycles. The molecule has 0 unspecified atom stereocenters. The number of carbonyl (C=O) groups is 1. The van der Waals surface area contributed by atoms with Gasteiger partial charge >= 0.3 is 0 Å². The van der Waals surface area contributed by atoms with Crippen LogP contribution in [0.5, 0.6) is 0 Å². The molecule has 0 aliphatic carbocycles. The molecule has 0 fully saturated rings. The lowest BCUT2D eigenvalue weighted by atomic mass is 9.86. The van der Waals surface area contributed by atoms with E-state index in [1.165, 1.54) is 16.9 Å². The minimum atomic E-state index is -0.496. The van der Waals surface area contributed by atoms with E-state index in [4.69, 9.17) is 23.2 Å². The fraction of sp³-hybridized carbons (Fsp3) is 0.208. The molecular formula is C24H21Cl2N3OS. The number of thiazole rings is 1. The number of benzene rings is 2. The molecule has 7 heteroatoms. The molecule has 1 heterocycles. The third kappa shape index (κ3) is 6.18. The zero-order chi connectivity index (χ0) is 22.6. The van der Waals surface area contributed by atoms with Crippen molar-refractivity contribution in [2.75, 3.05) is 5.32 Å². The van der Waals surface area contributed by atoms with Gasteiger partial charge in [-0.3, -0.25) is 10.1 Å². The molecule has 1 amide bonds. The molecule has 1 N–H and O–H groups in total. The van der Waals surface area contributed by atoms with E-state index in [0.717, 1.165) is 16.0 Å². The van der Waals surface area contributed by atoms with Gasteiger partial charge in [0.05, 0.1) is 0 Å². The summed E-state index contributed by atoms with van der Waals surface area (Å²) in [7, 11) is 0. The zero-order valence-electron chi connectivity index (χ0n) is 17.4. The summed E-state index contributed by atoms with van der Waals surface area (Å²) >= 11 is 13.6. The van der Waals surface area contributed by atoms with Crippen LogP contribution in [-0.4, -0.2) is 10.9 Å². The summed E-state index contributed by atoms with van der Waals surface area (Å²) in [6.07, 6.45) is 3.80. The van der Waals surface area contributed by atoms with Crippen LogP contribution in [-0.2, 0) is 16.6 Å². The smallest absolute Gasteiger partial charge is 0.268 e. The number of nitriles is 1. The normalized spacial score (nSPS) is 11.8. The van der Waals surface area contributed by atoms with Gasteiger partial charge in [-0.05, 0) is 46.4 Å². The Kier molecular flexibility index (Phi) is 7.17. The molecule has 0 spiro atoms. The average Bonchev–Trinajstić information content (AvgIpc) is 3.15. The van der Waals surface area contributed by atoms with E-state index in [1.54, 1.807) is 24.4 Å². The Morgan fingerprint density at radius 2 is 1.90 bits per heavy atom. The maximum atomic E-state index is 12.6. The number of carbonyl (C=O) groups excluding carboxylic acids is 1. The molecule has 158 valence electrons. The standard InChI is InChI=1S/C24H21Cl2N3OS/c1-24(2,3)18-6-4-15(5-7-18)10-17(13-27)22(30)29-23-28-14-20(31-23)12-16-11-19(25)8-9-21(16)26/h4-11,14H,12H2,1-3H3,(H,28,29,30)/b17-10+. The highest BCUT2D eigenvalue weighted by molar-refractivity contribution is 7.15. The number of anilines is 1. The number of rotatable bonds is 5. The molecule has 4 nitrogen and oxygen atoms in total. The van der Waals surface area contributed by atoms with E-state index in [1.807, 2.05) is 36.4 Å². The molecule has 1 aromatic heterocycles.